The highest BCUT2D eigenvalue weighted by atomic mass is 35.5. The minimum atomic E-state index is -4.77. The van der Waals surface area contributed by atoms with Gasteiger partial charge in [0.15, 0.2) is 0 Å². The largest absolute Gasteiger partial charge is 0.418 e. The topological polar surface area (TPSA) is 96.0 Å². The number of carbonyl (C=O) groups is 2. The first-order chi connectivity index (χ1) is 16.6. The van der Waals surface area contributed by atoms with E-state index in [9.17, 15) is 27.2 Å². The van der Waals surface area contributed by atoms with Crippen LogP contribution in [-0.4, -0.2) is 27.3 Å². The van der Waals surface area contributed by atoms with Gasteiger partial charge < -0.3 is 16.0 Å². The Morgan fingerprint density at radius 2 is 1.89 bits per heavy atom. The van der Waals surface area contributed by atoms with Gasteiger partial charge in [0.05, 0.1) is 46.0 Å². The molecular formula is C23H18ClF4N5O2. The molecule has 1 aromatic carbocycles. The van der Waals surface area contributed by atoms with Crippen molar-refractivity contribution in [1.29, 1.82) is 0 Å². The summed E-state index contributed by atoms with van der Waals surface area (Å²) in [4.78, 5) is 33.0. The van der Waals surface area contributed by atoms with E-state index < -0.39 is 34.9 Å². The van der Waals surface area contributed by atoms with Crippen LogP contribution in [0.3, 0.4) is 0 Å². The highest BCUT2D eigenvalue weighted by Crippen LogP contribution is 2.37. The standard InChI is InChI=1S/C23H18ClF4N5O2/c24-17-9-15(32-18-4-3-14(25)8-16(18)23(26,27)28)11-30-19(17)12-31-21(35)22(5-6-22)33-20(34)13-2-1-7-29-10-13/h1-4,7-11,32H,5-6,12H2,(H,31,35)(H,33,34). The third kappa shape index (κ3) is 5.68. The van der Waals surface area contributed by atoms with Crippen molar-refractivity contribution in [1.82, 2.24) is 20.6 Å². The van der Waals surface area contributed by atoms with Gasteiger partial charge in [0.2, 0.25) is 5.91 Å². The maximum atomic E-state index is 13.3. The number of alkyl halides is 3. The molecule has 3 N–H and O–H groups in total. The van der Waals surface area contributed by atoms with Crippen molar-refractivity contribution >= 4 is 34.8 Å². The molecule has 1 saturated carbocycles. The van der Waals surface area contributed by atoms with E-state index in [2.05, 4.69) is 25.9 Å². The van der Waals surface area contributed by atoms with Crippen LogP contribution < -0.4 is 16.0 Å². The summed E-state index contributed by atoms with van der Waals surface area (Å²) >= 11 is 6.22. The van der Waals surface area contributed by atoms with Crippen molar-refractivity contribution in [2.24, 2.45) is 0 Å². The van der Waals surface area contributed by atoms with Gasteiger partial charge in [-0.15, -0.1) is 0 Å². The first-order valence-corrected chi connectivity index (χ1v) is 10.7. The van der Waals surface area contributed by atoms with Crippen molar-refractivity contribution < 1.29 is 27.2 Å². The molecule has 12 heteroatoms. The lowest BCUT2D eigenvalue weighted by molar-refractivity contribution is -0.137. The lowest BCUT2D eigenvalue weighted by Crippen LogP contribution is -2.48. The van der Waals surface area contributed by atoms with E-state index >= 15 is 0 Å². The summed E-state index contributed by atoms with van der Waals surface area (Å²) in [5.41, 5.74) is -1.82. The molecule has 182 valence electrons. The summed E-state index contributed by atoms with van der Waals surface area (Å²) in [5.74, 6) is -1.84. The Hall–Kier alpha value is -3.73. The Bertz CT molecular complexity index is 1270. The molecule has 7 nitrogen and oxygen atoms in total. The van der Waals surface area contributed by atoms with Crippen LogP contribution in [0.5, 0.6) is 0 Å². The Morgan fingerprint density at radius 3 is 2.51 bits per heavy atom. The molecule has 0 spiro atoms. The lowest BCUT2D eigenvalue weighted by Gasteiger charge is -2.18. The van der Waals surface area contributed by atoms with E-state index in [0.717, 1.165) is 12.1 Å². The van der Waals surface area contributed by atoms with Gasteiger partial charge in [-0.25, -0.2) is 4.39 Å². The first-order valence-electron chi connectivity index (χ1n) is 10.4. The highest BCUT2D eigenvalue weighted by Gasteiger charge is 2.51. The van der Waals surface area contributed by atoms with Gasteiger partial charge in [0.1, 0.15) is 11.4 Å². The molecule has 0 saturated heterocycles. The molecule has 3 aromatic rings. The molecular weight excluding hydrogens is 490 g/mol. The van der Waals surface area contributed by atoms with Gasteiger partial charge in [-0.3, -0.25) is 19.6 Å². The Labute approximate surface area is 201 Å². The number of aromatic nitrogens is 2. The number of anilines is 2. The highest BCUT2D eigenvalue weighted by molar-refractivity contribution is 6.31. The maximum Gasteiger partial charge on any atom is 0.418 e. The Morgan fingerprint density at radius 1 is 1.11 bits per heavy atom. The van der Waals surface area contributed by atoms with Crippen LogP contribution in [0.15, 0.2) is 55.0 Å². The van der Waals surface area contributed by atoms with Crippen molar-refractivity contribution in [3.63, 3.8) is 0 Å². The fourth-order valence-corrected chi connectivity index (χ4v) is 3.57. The third-order valence-electron chi connectivity index (χ3n) is 5.36. The number of nitrogens with one attached hydrogen (secondary N) is 3. The monoisotopic (exact) mass is 507 g/mol. The minimum absolute atomic E-state index is 0.0627. The van der Waals surface area contributed by atoms with Gasteiger partial charge in [-0.2, -0.15) is 13.2 Å². The fraction of sp³-hybridized carbons (Fsp3) is 0.217. The van der Waals surface area contributed by atoms with Crippen LogP contribution in [0.25, 0.3) is 0 Å². The van der Waals surface area contributed by atoms with Gasteiger partial charge in [-0.05, 0) is 49.2 Å². The van der Waals surface area contributed by atoms with E-state index in [1.807, 2.05) is 0 Å². The summed E-state index contributed by atoms with van der Waals surface area (Å²) in [6.07, 6.45) is 0.336. The molecule has 0 radical (unpaired) electrons. The summed E-state index contributed by atoms with van der Waals surface area (Å²) in [7, 11) is 0. The molecule has 2 heterocycles. The second-order valence-electron chi connectivity index (χ2n) is 7.93. The fourth-order valence-electron chi connectivity index (χ4n) is 3.33. The van der Waals surface area contributed by atoms with E-state index in [4.69, 9.17) is 11.6 Å². The first kappa shape index (κ1) is 24.4. The number of halogens is 5. The summed E-state index contributed by atoms with van der Waals surface area (Å²) in [6, 6.07) is 6.80. The molecule has 0 bridgehead atoms. The molecule has 0 aliphatic heterocycles. The molecule has 2 amide bonds. The van der Waals surface area contributed by atoms with Crippen molar-refractivity contribution in [3.05, 3.63) is 82.6 Å². The van der Waals surface area contributed by atoms with Crippen LogP contribution in [0, 0.1) is 5.82 Å². The zero-order chi connectivity index (χ0) is 25.2. The summed E-state index contributed by atoms with van der Waals surface area (Å²) in [6.45, 7) is -0.0627. The van der Waals surface area contributed by atoms with Crippen LogP contribution in [-0.2, 0) is 17.5 Å². The smallest absolute Gasteiger partial charge is 0.354 e. The Balaban J connectivity index is 1.39. The van der Waals surface area contributed by atoms with Gasteiger partial charge in [0.25, 0.3) is 5.91 Å². The number of hydrogen-bond donors (Lipinski definition) is 3. The number of pyridine rings is 2. The van der Waals surface area contributed by atoms with Crippen LogP contribution in [0.1, 0.15) is 34.5 Å². The average Bonchev–Trinajstić information content (AvgIpc) is 3.60. The van der Waals surface area contributed by atoms with Gasteiger partial charge >= 0.3 is 6.18 Å². The lowest BCUT2D eigenvalue weighted by atomic mass is 10.1. The van der Waals surface area contributed by atoms with Gasteiger partial charge in [-0.1, -0.05) is 11.6 Å². The number of carbonyl (C=O) groups excluding carboxylic acids is 2. The molecule has 1 aliphatic rings. The zero-order valence-corrected chi connectivity index (χ0v) is 18.7. The predicted octanol–water partition coefficient (Wildman–Crippen LogP) is 4.61. The number of amides is 2. The Kier molecular flexibility index (Phi) is 6.62. The second kappa shape index (κ2) is 9.49. The van der Waals surface area contributed by atoms with E-state index in [1.54, 1.807) is 12.1 Å². The molecule has 1 aliphatic carbocycles. The number of hydrogen-bond acceptors (Lipinski definition) is 5. The normalized spacial score (nSPS) is 14.2. The van der Waals surface area contributed by atoms with E-state index in [0.29, 0.717) is 24.5 Å². The van der Waals surface area contributed by atoms with Crippen LogP contribution >= 0.6 is 11.6 Å². The molecule has 1 fully saturated rings. The van der Waals surface area contributed by atoms with E-state index in [-0.39, 0.29) is 28.6 Å². The predicted molar refractivity (Wildman–Crippen MR) is 119 cm³/mol. The molecule has 35 heavy (non-hydrogen) atoms. The minimum Gasteiger partial charge on any atom is -0.354 e. The molecule has 4 rings (SSSR count). The molecule has 0 atom stereocenters. The quantitative estimate of drug-likeness (QED) is 0.406. The van der Waals surface area contributed by atoms with Crippen LogP contribution in [0.4, 0.5) is 28.9 Å². The maximum absolute atomic E-state index is 13.3. The average molecular weight is 508 g/mol. The third-order valence-corrected chi connectivity index (χ3v) is 5.69. The summed E-state index contributed by atoms with van der Waals surface area (Å²) < 4.78 is 52.9. The zero-order valence-electron chi connectivity index (χ0n) is 17.9. The number of nitrogens with zero attached hydrogens (tertiary/aromatic N) is 2. The van der Waals surface area contributed by atoms with Crippen molar-refractivity contribution in [3.8, 4) is 0 Å². The van der Waals surface area contributed by atoms with Crippen LogP contribution in [0.2, 0.25) is 5.02 Å². The SMILES string of the molecule is O=C(NC1(C(=O)NCc2ncc(Nc3ccc(F)cc3C(F)(F)F)cc2Cl)CC1)c1cccnc1. The van der Waals surface area contributed by atoms with Crippen molar-refractivity contribution in [2.75, 3.05) is 5.32 Å². The van der Waals surface area contributed by atoms with Gasteiger partial charge in [0, 0.05) is 12.4 Å². The summed E-state index contributed by atoms with van der Waals surface area (Å²) in [5, 5.41) is 8.03. The number of benzene rings is 1. The molecule has 2 aromatic heterocycles. The molecule has 0 unspecified atom stereocenters. The second-order valence-corrected chi connectivity index (χ2v) is 8.33. The number of rotatable bonds is 7. The van der Waals surface area contributed by atoms with E-state index in [1.165, 1.54) is 24.7 Å². The van der Waals surface area contributed by atoms with Crippen molar-refractivity contribution in [2.45, 2.75) is 31.1 Å².